The molecule has 0 radical (unpaired) electrons. The molecule has 0 unspecified atom stereocenters. The highest BCUT2D eigenvalue weighted by molar-refractivity contribution is 5.83. The molecule has 0 aliphatic carbocycles. The average molecular weight is 452 g/mol. The molecular weight excluding hydrogens is 422 g/mol. The third-order valence-electron chi connectivity index (χ3n) is 6.14. The molecule has 11 heteroatoms. The predicted molar refractivity (Wildman–Crippen MR) is 125 cm³/mol. The lowest BCUT2D eigenvalue weighted by molar-refractivity contribution is 0.0982. The van der Waals surface area contributed by atoms with Gasteiger partial charge < -0.3 is 24.3 Å². The van der Waals surface area contributed by atoms with Crippen LogP contribution in [0.2, 0.25) is 0 Å². The van der Waals surface area contributed by atoms with E-state index in [4.69, 9.17) is 25.3 Å². The lowest BCUT2D eigenvalue weighted by atomic mass is 10.2. The van der Waals surface area contributed by atoms with Gasteiger partial charge in [0.05, 0.1) is 37.6 Å². The van der Waals surface area contributed by atoms with Gasteiger partial charge in [0.1, 0.15) is 22.9 Å². The fourth-order valence-corrected chi connectivity index (χ4v) is 4.41. The number of ether oxygens (including phenoxy) is 2. The zero-order valence-electron chi connectivity index (χ0n) is 19.0. The molecule has 33 heavy (non-hydrogen) atoms. The van der Waals surface area contributed by atoms with Crippen LogP contribution in [0.1, 0.15) is 19.8 Å². The molecule has 2 aliphatic rings. The van der Waals surface area contributed by atoms with Crippen molar-refractivity contribution in [3.05, 3.63) is 23.9 Å². The number of imidazole rings is 1. The van der Waals surface area contributed by atoms with Gasteiger partial charge in [-0.15, -0.1) is 0 Å². The van der Waals surface area contributed by atoms with Gasteiger partial charge in [0.15, 0.2) is 17.1 Å². The normalized spacial score (nSPS) is 18.7. The van der Waals surface area contributed by atoms with E-state index >= 15 is 0 Å². The number of morpholine rings is 1. The second kappa shape index (κ2) is 8.91. The summed E-state index contributed by atoms with van der Waals surface area (Å²) in [6.45, 7) is 6.08. The molecule has 5 rings (SSSR count). The maximum atomic E-state index is 8.34. The lowest BCUT2D eigenvalue weighted by Gasteiger charge is -2.27. The summed E-state index contributed by atoms with van der Waals surface area (Å²) < 4.78 is 15.1. The van der Waals surface area contributed by atoms with E-state index in [1.54, 1.807) is 20.2 Å². The van der Waals surface area contributed by atoms with E-state index in [0.29, 0.717) is 37.1 Å². The Morgan fingerprint density at radius 2 is 2.06 bits per heavy atom. The fraction of sp³-hybridized carbons (Fsp3) is 0.500. The van der Waals surface area contributed by atoms with Crippen molar-refractivity contribution in [2.24, 2.45) is 0 Å². The van der Waals surface area contributed by atoms with Gasteiger partial charge in [0.2, 0.25) is 0 Å². The van der Waals surface area contributed by atoms with Crippen LogP contribution in [0.15, 0.2) is 18.5 Å². The third-order valence-corrected chi connectivity index (χ3v) is 6.14. The minimum absolute atomic E-state index is 0.108. The van der Waals surface area contributed by atoms with Crippen molar-refractivity contribution in [3.8, 4) is 11.5 Å². The highest BCUT2D eigenvalue weighted by Gasteiger charge is 2.23. The highest BCUT2D eigenvalue weighted by atomic mass is 16.5. The molecule has 2 fully saturated rings. The quantitative estimate of drug-likeness (QED) is 0.397. The molecule has 3 aromatic heterocycles. The van der Waals surface area contributed by atoms with Crippen LogP contribution >= 0.6 is 0 Å². The van der Waals surface area contributed by atoms with Crippen LogP contribution in [0.3, 0.4) is 0 Å². The number of pyridine rings is 1. The van der Waals surface area contributed by atoms with E-state index in [0.717, 1.165) is 49.4 Å². The van der Waals surface area contributed by atoms with Crippen LogP contribution in [0.25, 0.3) is 22.6 Å². The molecule has 5 heterocycles. The second-order valence-electron chi connectivity index (χ2n) is 8.34. The van der Waals surface area contributed by atoms with E-state index in [1.807, 2.05) is 6.20 Å². The number of rotatable bonds is 5. The maximum absolute atomic E-state index is 8.34. The average Bonchev–Trinajstić information content (AvgIpc) is 3.48. The Bertz CT molecular complexity index is 1240. The first kappa shape index (κ1) is 21.5. The van der Waals surface area contributed by atoms with Crippen LogP contribution in [0.4, 0.5) is 11.6 Å². The Labute approximate surface area is 191 Å². The fourth-order valence-electron chi connectivity index (χ4n) is 4.41. The zero-order valence-corrected chi connectivity index (χ0v) is 19.0. The molecule has 174 valence electrons. The third kappa shape index (κ3) is 4.09. The summed E-state index contributed by atoms with van der Waals surface area (Å²) in [6, 6.07) is 2.08. The monoisotopic (exact) mass is 451 g/mol. The number of nitrogens with zero attached hydrogens (tertiary/aromatic N) is 6. The number of nitrogens with one attached hydrogen (secondary N) is 3. The standard InChI is InChI=1S/C22H29N9O2/c1-14(23)30-13-17(27-21(25-2)20(30)24)22-28-16-11-26-19(29-5-8-32-9-6-29)10-18(16)31(22)12-15-4-3-7-33-15/h10-11,13,15,23-24H,3-9,12H2,1-2H3,(H,25,27)/t15-/m1/s1. The van der Waals surface area contributed by atoms with Gasteiger partial charge in [-0.25, -0.2) is 15.0 Å². The summed E-state index contributed by atoms with van der Waals surface area (Å²) in [5.74, 6) is 2.20. The van der Waals surface area contributed by atoms with Gasteiger partial charge in [0.25, 0.3) is 0 Å². The number of aromatic nitrogens is 5. The topological polar surface area (TPSA) is 130 Å². The van der Waals surface area contributed by atoms with Crippen molar-refractivity contribution >= 4 is 28.5 Å². The van der Waals surface area contributed by atoms with Crippen LogP contribution in [0, 0.1) is 10.8 Å². The van der Waals surface area contributed by atoms with Crippen molar-refractivity contribution in [1.29, 1.82) is 10.8 Å². The van der Waals surface area contributed by atoms with Crippen molar-refractivity contribution < 1.29 is 9.47 Å². The Kier molecular flexibility index (Phi) is 5.81. The van der Waals surface area contributed by atoms with Crippen molar-refractivity contribution in [2.45, 2.75) is 32.4 Å². The molecule has 0 spiro atoms. The largest absolute Gasteiger partial charge is 0.378 e. The Hall–Kier alpha value is -3.31. The number of hydrogen-bond donors (Lipinski definition) is 3. The summed E-state index contributed by atoms with van der Waals surface area (Å²) in [5, 5.41) is 19.4. The van der Waals surface area contributed by atoms with E-state index < -0.39 is 0 Å². The molecule has 1 atom stereocenters. The number of hydrogen-bond acceptors (Lipinski definition) is 9. The second-order valence-corrected chi connectivity index (χ2v) is 8.34. The van der Waals surface area contributed by atoms with Crippen molar-refractivity contribution in [2.75, 3.05) is 50.2 Å². The van der Waals surface area contributed by atoms with E-state index in [9.17, 15) is 0 Å². The van der Waals surface area contributed by atoms with Gasteiger partial charge >= 0.3 is 0 Å². The van der Waals surface area contributed by atoms with Gasteiger partial charge in [-0.2, -0.15) is 0 Å². The zero-order chi connectivity index (χ0) is 22.9. The molecule has 3 aromatic rings. The molecule has 2 aliphatic heterocycles. The van der Waals surface area contributed by atoms with Crippen LogP contribution in [-0.4, -0.2) is 76.0 Å². The maximum Gasteiger partial charge on any atom is 0.173 e. The van der Waals surface area contributed by atoms with Crippen molar-refractivity contribution in [3.63, 3.8) is 0 Å². The minimum atomic E-state index is 0.108. The summed E-state index contributed by atoms with van der Waals surface area (Å²) >= 11 is 0. The van der Waals surface area contributed by atoms with E-state index in [-0.39, 0.29) is 17.4 Å². The summed E-state index contributed by atoms with van der Waals surface area (Å²) in [4.78, 5) is 16.4. The van der Waals surface area contributed by atoms with E-state index in [2.05, 4.69) is 30.8 Å². The Balaban J connectivity index is 1.67. The van der Waals surface area contributed by atoms with E-state index in [1.165, 1.54) is 4.57 Å². The van der Waals surface area contributed by atoms with Crippen LogP contribution in [0.5, 0.6) is 0 Å². The van der Waals surface area contributed by atoms with Gasteiger partial charge in [-0.05, 0) is 19.8 Å². The SMILES string of the molecule is CNc1nc(-c2nc3cnc(N4CCOCC4)cc3n2C[C@H]2CCCO2)cn(C(C)=N)c1=N. The molecule has 0 amide bonds. The van der Waals surface area contributed by atoms with Gasteiger partial charge in [-0.1, -0.05) is 0 Å². The predicted octanol–water partition coefficient (Wildman–Crippen LogP) is 1.68. The Morgan fingerprint density at radius 1 is 1.24 bits per heavy atom. The molecule has 3 N–H and O–H groups in total. The van der Waals surface area contributed by atoms with Crippen LogP contribution < -0.4 is 15.7 Å². The number of fused-ring (bicyclic) bond motifs is 1. The summed E-state index contributed by atoms with van der Waals surface area (Å²) in [7, 11) is 1.72. The van der Waals surface area contributed by atoms with Crippen molar-refractivity contribution in [1.82, 2.24) is 24.1 Å². The molecule has 0 aromatic carbocycles. The first-order chi connectivity index (χ1) is 16.0. The van der Waals surface area contributed by atoms with Gasteiger partial charge in [0, 0.05) is 39.0 Å². The molecule has 11 nitrogen and oxygen atoms in total. The Morgan fingerprint density at radius 3 is 2.76 bits per heavy atom. The smallest absolute Gasteiger partial charge is 0.173 e. The van der Waals surface area contributed by atoms with Crippen LogP contribution in [-0.2, 0) is 16.0 Å². The molecular formula is C22H29N9O2. The lowest BCUT2D eigenvalue weighted by Crippen LogP contribution is -2.36. The molecule has 2 saturated heterocycles. The highest BCUT2D eigenvalue weighted by Crippen LogP contribution is 2.28. The van der Waals surface area contributed by atoms with Gasteiger partial charge in [-0.3, -0.25) is 15.4 Å². The minimum Gasteiger partial charge on any atom is -0.378 e. The first-order valence-electron chi connectivity index (χ1n) is 11.3. The summed E-state index contributed by atoms with van der Waals surface area (Å²) in [5.41, 5.74) is 2.47. The first-order valence-corrected chi connectivity index (χ1v) is 11.3. The molecule has 0 bridgehead atoms. The number of anilines is 2. The molecule has 0 saturated carbocycles. The summed E-state index contributed by atoms with van der Waals surface area (Å²) in [6.07, 6.45) is 5.67.